The molecule has 2 heterocycles. The van der Waals surface area contributed by atoms with Crippen molar-refractivity contribution in [3.05, 3.63) is 66.5 Å². The number of nitrogens with zero attached hydrogens (tertiary/aromatic N) is 3. The fourth-order valence-corrected chi connectivity index (χ4v) is 3.18. The lowest BCUT2D eigenvalue weighted by Crippen LogP contribution is -2.15. The number of hydrogen-bond acceptors (Lipinski definition) is 5. The van der Waals surface area contributed by atoms with Gasteiger partial charge in [0.15, 0.2) is 0 Å². The molecule has 0 saturated heterocycles. The number of fused-ring (bicyclic) bond motifs is 1. The molecule has 0 radical (unpaired) electrons. The van der Waals surface area contributed by atoms with E-state index in [1.807, 2.05) is 44.2 Å². The molecule has 2 aromatic carbocycles. The van der Waals surface area contributed by atoms with Crippen LogP contribution in [0.2, 0.25) is 0 Å². The zero-order valence-corrected chi connectivity index (χ0v) is 15.0. The van der Waals surface area contributed by atoms with Crippen LogP contribution in [0.3, 0.4) is 0 Å². The summed E-state index contributed by atoms with van der Waals surface area (Å²) in [5, 5.41) is 3.34. The minimum Gasteiger partial charge on any atom is -0.491 e. The molecule has 0 spiro atoms. The van der Waals surface area contributed by atoms with Crippen molar-refractivity contribution < 1.29 is 4.74 Å². The van der Waals surface area contributed by atoms with E-state index < -0.39 is 0 Å². The zero-order chi connectivity index (χ0) is 17.9. The average molecular weight is 346 g/mol. The first kappa shape index (κ1) is 16.4. The van der Waals surface area contributed by atoms with Crippen LogP contribution < -0.4 is 15.0 Å². The maximum atomic E-state index is 5.68. The molecule has 0 aliphatic carbocycles. The van der Waals surface area contributed by atoms with Crippen molar-refractivity contribution in [3.8, 4) is 5.75 Å². The van der Waals surface area contributed by atoms with Gasteiger partial charge in [-0.1, -0.05) is 18.2 Å². The third-order valence-electron chi connectivity index (χ3n) is 4.31. The number of benzene rings is 2. The molecular weight excluding hydrogens is 324 g/mol. The quantitative estimate of drug-likeness (QED) is 0.725. The van der Waals surface area contributed by atoms with Crippen LogP contribution in [0.1, 0.15) is 19.4 Å². The Balaban J connectivity index is 1.52. The second kappa shape index (κ2) is 7.04. The van der Waals surface area contributed by atoms with E-state index in [1.165, 1.54) is 11.3 Å². The Morgan fingerprint density at radius 2 is 1.85 bits per heavy atom. The molecule has 5 nitrogen and oxygen atoms in total. The topological polar surface area (TPSA) is 50.3 Å². The molecule has 0 amide bonds. The van der Waals surface area contributed by atoms with Gasteiger partial charge in [-0.05, 0) is 56.2 Å². The van der Waals surface area contributed by atoms with Crippen LogP contribution in [0.15, 0.2) is 60.9 Å². The molecule has 1 aromatic heterocycles. The van der Waals surface area contributed by atoms with Gasteiger partial charge in [-0.15, -0.1) is 0 Å². The second-order valence-corrected chi connectivity index (χ2v) is 6.61. The van der Waals surface area contributed by atoms with Crippen molar-refractivity contribution >= 4 is 23.0 Å². The summed E-state index contributed by atoms with van der Waals surface area (Å²) in [5.74, 6) is 2.55. The number of para-hydroxylation sites is 1. The maximum absolute atomic E-state index is 5.68. The van der Waals surface area contributed by atoms with Gasteiger partial charge in [0.1, 0.15) is 23.7 Å². The van der Waals surface area contributed by atoms with Crippen LogP contribution in [0.5, 0.6) is 5.75 Å². The fraction of sp³-hybridized carbons (Fsp3) is 0.238. The van der Waals surface area contributed by atoms with E-state index in [9.17, 15) is 0 Å². The highest BCUT2D eigenvalue weighted by atomic mass is 16.5. The van der Waals surface area contributed by atoms with Crippen LogP contribution in [0.25, 0.3) is 0 Å². The molecule has 0 bridgehead atoms. The Kier molecular flexibility index (Phi) is 4.44. The molecule has 0 atom stereocenters. The van der Waals surface area contributed by atoms with E-state index in [0.717, 1.165) is 36.0 Å². The third-order valence-corrected chi connectivity index (χ3v) is 4.31. The molecule has 1 aliphatic heterocycles. The standard InChI is InChI=1S/C21H22N4O/c1-15(2)26-18-9-7-17(8-10-18)24-20-13-21(23-14-22-20)25-12-11-16-5-3-4-6-19(16)25/h3-10,13-15H,11-12H2,1-2H3,(H,22,23,24). The predicted octanol–water partition coefficient (Wildman–Crippen LogP) is 4.70. The largest absolute Gasteiger partial charge is 0.491 e. The molecule has 0 saturated carbocycles. The molecule has 5 heteroatoms. The van der Waals surface area contributed by atoms with Crippen LogP contribution in [-0.2, 0) is 6.42 Å². The smallest absolute Gasteiger partial charge is 0.138 e. The summed E-state index contributed by atoms with van der Waals surface area (Å²) in [7, 11) is 0. The molecule has 26 heavy (non-hydrogen) atoms. The van der Waals surface area contributed by atoms with Gasteiger partial charge in [-0.2, -0.15) is 0 Å². The van der Waals surface area contributed by atoms with Gasteiger partial charge in [0.2, 0.25) is 0 Å². The number of nitrogens with one attached hydrogen (secondary N) is 1. The van der Waals surface area contributed by atoms with Gasteiger partial charge in [0.05, 0.1) is 6.10 Å². The highest BCUT2D eigenvalue weighted by Gasteiger charge is 2.21. The van der Waals surface area contributed by atoms with E-state index in [2.05, 4.69) is 44.5 Å². The van der Waals surface area contributed by atoms with E-state index in [-0.39, 0.29) is 6.10 Å². The van der Waals surface area contributed by atoms with Crippen molar-refractivity contribution in [1.82, 2.24) is 9.97 Å². The van der Waals surface area contributed by atoms with Gasteiger partial charge in [0.25, 0.3) is 0 Å². The van der Waals surface area contributed by atoms with E-state index in [1.54, 1.807) is 6.33 Å². The highest BCUT2D eigenvalue weighted by molar-refractivity contribution is 5.69. The molecule has 1 aliphatic rings. The van der Waals surface area contributed by atoms with Crippen LogP contribution >= 0.6 is 0 Å². The Labute approximate surface area is 153 Å². The van der Waals surface area contributed by atoms with E-state index >= 15 is 0 Å². The Hall–Kier alpha value is -3.08. The molecule has 0 unspecified atom stereocenters. The van der Waals surface area contributed by atoms with Crippen molar-refractivity contribution in [2.24, 2.45) is 0 Å². The minimum atomic E-state index is 0.168. The van der Waals surface area contributed by atoms with Crippen LogP contribution in [-0.4, -0.2) is 22.6 Å². The van der Waals surface area contributed by atoms with Crippen LogP contribution in [0, 0.1) is 0 Å². The Morgan fingerprint density at radius 1 is 1.04 bits per heavy atom. The first-order chi connectivity index (χ1) is 12.7. The van der Waals surface area contributed by atoms with Crippen molar-refractivity contribution in [1.29, 1.82) is 0 Å². The molecule has 132 valence electrons. The maximum Gasteiger partial charge on any atom is 0.138 e. The van der Waals surface area contributed by atoms with E-state index in [0.29, 0.717) is 0 Å². The predicted molar refractivity (Wildman–Crippen MR) is 105 cm³/mol. The third kappa shape index (κ3) is 3.47. The normalized spacial score (nSPS) is 13.0. The number of aromatic nitrogens is 2. The first-order valence-electron chi connectivity index (χ1n) is 8.90. The SMILES string of the molecule is CC(C)Oc1ccc(Nc2cc(N3CCc4ccccc43)ncn2)cc1. The van der Waals surface area contributed by atoms with Gasteiger partial charge >= 0.3 is 0 Å². The van der Waals surface area contributed by atoms with Crippen LogP contribution in [0.4, 0.5) is 23.0 Å². The van der Waals surface area contributed by atoms with Gasteiger partial charge < -0.3 is 15.0 Å². The highest BCUT2D eigenvalue weighted by Crippen LogP contribution is 2.33. The van der Waals surface area contributed by atoms with Gasteiger partial charge in [0, 0.05) is 24.0 Å². The molecule has 0 fully saturated rings. The lowest BCUT2D eigenvalue weighted by molar-refractivity contribution is 0.242. The number of hydrogen-bond donors (Lipinski definition) is 1. The summed E-state index contributed by atoms with van der Waals surface area (Å²) in [5.41, 5.74) is 3.56. The molecule has 4 rings (SSSR count). The lowest BCUT2D eigenvalue weighted by Gasteiger charge is -2.18. The van der Waals surface area contributed by atoms with Gasteiger partial charge in [-0.3, -0.25) is 0 Å². The Bertz CT molecular complexity index is 893. The molecule has 3 aromatic rings. The van der Waals surface area contributed by atoms with E-state index in [4.69, 9.17) is 4.74 Å². The van der Waals surface area contributed by atoms with Crippen molar-refractivity contribution in [3.63, 3.8) is 0 Å². The number of ether oxygens (including phenoxy) is 1. The fourth-order valence-electron chi connectivity index (χ4n) is 3.18. The Morgan fingerprint density at radius 3 is 2.65 bits per heavy atom. The summed E-state index contributed by atoms with van der Waals surface area (Å²) in [6.45, 7) is 4.98. The summed E-state index contributed by atoms with van der Waals surface area (Å²) >= 11 is 0. The van der Waals surface area contributed by atoms with Gasteiger partial charge in [-0.25, -0.2) is 9.97 Å². The average Bonchev–Trinajstić information content (AvgIpc) is 3.07. The lowest BCUT2D eigenvalue weighted by atomic mass is 10.2. The summed E-state index contributed by atoms with van der Waals surface area (Å²) in [4.78, 5) is 11.1. The van der Waals surface area contributed by atoms with Crippen molar-refractivity contribution in [2.45, 2.75) is 26.4 Å². The summed E-state index contributed by atoms with van der Waals surface area (Å²) in [6, 6.07) is 18.4. The monoisotopic (exact) mass is 346 g/mol. The summed E-state index contributed by atoms with van der Waals surface area (Å²) < 4.78 is 5.68. The van der Waals surface area contributed by atoms with Crippen molar-refractivity contribution in [2.75, 3.05) is 16.8 Å². The first-order valence-corrected chi connectivity index (χ1v) is 8.90. The molecule has 1 N–H and O–H groups in total. The second-order valence-electron chi connectivity index (χ2n) is 6.61. The number of anilines is 4. The number of rotatable bonds is 5. The zero-order valence-electron chi connectivity index (χ0n) is 15.0. The molecular formula is C21H22N4O. The summed E-state index contributed by atoms with van der Waals surface area (Å²) in [6.07, 6.45) is 2.82. The minimum absolute atomic E-state index is 0.168.